The molecule has 0 saturated carbocycles. The molecule has 160 valence electrons. The highest BCUT2D eigenvalue weighted by atomic mass is 16.5. The van der Waals surface area contributed by atoms with Gasteiger partial charge in [-0.1, -0.05) is 0 Å². The minimum atomic E-state index is -0.426. The van der Waals surface area contributed by atoms with Crippen molar-refractivity contribution < 1.29 is 28.5 Å². The van der Waals surface area contributed by atoms with Crippen molar-refractivity contribution in [1.82, 2.24) is 5.32 Å². The molecule has 0 radical (unpaired) electrons. The summed E-state index contributed by atoms with van der Waals surface area (Å²) in [6.45, 7) is 0.349. The molecule has 3 amide bonds. The van der Waals surface area contributed by atoms with Gasteiger partial charge in [0, 0.05) is 30.8 Å². The summed E-state index contributed by atoms with van der Waals surface area (Å²) in [5.41, 5.74) is 1.18. The fraction of sp³-hybridized carbons (Fsp3) is 0.333. The van der Waals surface area contributed by atoms with Crippen molar-refractivity contribution in [3.63, 3.8) is 0 Å². The standard InChI is InChI=1S/C21H25N3O6/c1-27-15-6-7-16(18(11-15)29-3)23-21(26)22-13-9-20(25)24(12-13)14-5-8-17(28-2)19(10-14)30-4/h5-8,10-11,13H,9,12H2,1-4H3,(H2,22,23,26). The number of rotatable bonds is 7. The number of nitrogens with zero attached hydrogens (tertiary/aromatic N) is 1. The van der Waals surface area contributed by atoms with Gasteiger partial charge in [-0.2, -0.15) is 0 Å². The second-order valence-electron chi connectivity index (χ2n) is 6.61. The molecule has 1 fully saturated rings. The van der Waals surface area contributed by atoms with E-state index in [1.165, 1.54) is 14.2 Å². The lowest BCUT2D eigenvalue weighted by Crippen LogP contribution is -2.39. The lowest BCUT2D eigenvalue weighted by atomic mass is 10.2. The van der Waals surface area contributed by atoms with E-state index in [-0.39, 0.29) is 18.4 Å². The molecular weight excluding hydrogens is 390 g/mol. The Bertz CT molecular complexity index is 933. The van der Waals surface area contributed by atoms with Crippen LogP contribution in [0.1, 0.15) is 6.42 Å². The number of nitrogens with one attached hydrogen (secondary N) is 2. The van der Waals surface area contributed by atoms with Crippen molar-refractivity contribution in [2.24, 2.45) is 0 Å². The topological polar surface area (TPSA) is 98.4 Å². The van der Waals surface area contributed by atoms with Crippen LogP contribution < -0.4 is 34.5 Å². The molecule has 3 rings (SSSR count). The zero-order valence-electron chi connectivity index (χ0n) is 17.4. The Morgan fingerprint density at radius 3 is 2.33 bits per heavy atom. The maximum absolute atomic E-state index is 12.5. The Morgan fingerprint density at radius 1 is 0.933 bits per heavy atom. The van der Waals surface area contributed by atoms with Gasteiger partial charge in [0.05, 0.1) is 40.2 Å². The van der Waals surface area contributed by atoms with E-state index in [1.54, 1.807) is 55.5 Å². The molecule has 1 aliphatic rings. The van der Waals surface area contributed by atoms with Crippen molar-refractivity contribution in [1.29, 1.82) is 0 Å². The van der Waals surface area contributed by atoms with E-state index < -0.39 is 6.03 Å². The molecule has 9 heteroatoms. The van der Waals surface area contributed by atoms with Gasteiger partial charge in [-0.15, -0.1) is 0 Å². The maximum atomic E-state index is 12.5. The Balaban J connectivity index is 1.65. The molecule has 2 N–H and O–H groups in total. The van der Waals surface area contributed by atoms with E-state index >= 15 is 0 Å². The molecule has 30 heavy (non-hydrogen) atoms. The molecular formula is C21H25N3O6. The molecule has 1 aliphatic heterocycles. The summed E-state index contributed by atoms with van der Waals surface area (Å²) >= 11 is 0. The first-order chi connectivity index (χ1) is 14.5. The zero-order valence-corrected chi connectivity index (χ0v) is 17.4. The molecule has 9 nitrogen and oxygen atoms in total. The van der Waals surface area contributed by atoms with Gasteiger partial charge < -0.3 is 34.5 Å². The monoisotopic (exact) mass is 415 g/mol. The molecule has 0 aliphatic carbocycles. The first kappa shape index (κ1) is 21.1. The number of methoxy groups -OCH3 is 4. The normalized spacial score (nSPS) is 15.5. The highest BCUT2D eigenvalue weighted by Gasteiger charge is 2.32. The highest BCUT2D eigenvalue weighted by molar-refractivity contribution is 5.98. The fourth-order valence-corrected chi connectivity index (χ4v) is 3.29. The van der Waals surface area contributed by atoms with Crippen LogP contribution in [0, 0.1) is 0 Å². The third-order valence-corrected chi connectivity index (χ3v) is 4.80. The Morgan fingerprint density at radius 2 is 1.67 bits per heavy atom. The van der Waals surface area contributed by atoms with Crippen molar-refractivity contribution in [3.8, 4) is 23.0 Å². The number of carbonyl (C=O) groups excluding carboxylic acids is 2. The summed E-state index contributed by atoms with van der Waals surface area (Å²) in [7, 11) is 6.15. The van der Waals surface area contributed by atoms with Crippen LogP contribution in [0.25, 0.3) is 0 Å². The predicted octanol–water partition coefficient (Wildman–Crippen LogP) is 2.65. The first-order valence-corrected chi connectivity index (χ1v) is 9.31. The smallest absolute Gasteiger partial charge is 0.319 e. The van der Waals surface area contributed by atoms with Crippen molar-refractivity contribution in [3.05, 3.63) is 36.4 Å². The van der Waals surface area contributed by atoms with Crippen LogP contribution in [0.2, 0.25) is 0 Å². The number of ether oxygens (including phenoxy) is 4. The number of hydrogen-bond donors (Lipinski definition) is 2. The second kappa shape index (κ2) is 9.25. The van der Waals surface area contributed by atoms with Gasteiger partial charge in [0.25, 0.3) is 0 Å². The van der Waals surface area contributed by atoms with Crippen LogP contribution in [0.3, 0.4) is 0 Å². The van der Waals surface area contributed by atoms with Gasteiger partial charge in [-0.3, -0.25) is 4.79 Å². The SMILES string of the molecule is COc1ccc(NC(=O)NC2CC(=O)N(c3ccc(OC)c(OC)c3)C2)c(OC)c1. The number of hydrogen-bond acceptors (Lipinski definition) is 6. The van der Waals surface area contributed by atoms with Crippen LogP contribution >= 0.6 is 0 Å². The molecule has 1 heterocycles. The highest BCUT2D eigenvalue weighted by Crippen LogP contribution is 2.33. The van der Waals surface area contributed by atoms with E-state index in [9.17, 15) is 9.59 Å². The van der Waals surface area contributed by atoms with Gasteiger partial charge in [0.1, 0.15) is 11.5 Å². The van der Waals surface area contributed by atoms with E-state index in [2.05, 4.69) is 10.6 Å². The van der Waals surface area contributed by atoms with E-state index in [4.69, 9.17) is 18.9 Å². The summed E-state index contributed by atoms with van der Waals surface area (Å²) < 4.78 is 21.0. The van der Waals surface area contributed by atoms with Gasteiger partial charge in [0.15, 0.2) is 11.5 Å². The van der Waals surface area contributed by atoms with Gasteiger partial charge >= 0.3 is 6.03 Å². The molecule has 1 saturated heterocycles. The van der Waals surface area contributed by atoms with E-state index in [1.807, 2.05) is 0 Å². The number of amides is 3. The van der Waals surface area contributed by atoms with Gasteiger partial charge in [-0.05, 0) is 24.3 Å². The lowest BCUT2D eigenvalue weighted by Gasteiger charge is -2.19. The molecule has 1 atom stereocenters. The molecule has 2 aromatic carbocycles. The van der Waals surface area contributed by atoms with Crippen molar-refractivity contribution >= 4 is 23.3 Å². The zero-order chi connectivity index (χ0) is 21.7. The second-order valence-corrected chi connectivity index (χ2v) is 6.61. The van der Waals surface area contributed by atoms with Crippen LogP contribution in [-0.4, -0.2) is 53.0 Å². The average molecular weight is 415 g/mol. The summed E-state index contributed by atoms with van der Waals surface area (Å²) in [5.74, 6) is 2.11. The number of carbonyl (C=O) groups is 2. The van der Waals surface area contributed by atoms with Crippen LogP contribution in [0.5, 0.6) is 23.0 Å². The summed E-state index contributed by atoms with van der Waals surface area (Å²) in [6.07, 6.45) is 0.196. The van der Waals surface area contributed by atoms with Crippen LogP contribution in [0.4, 0.5) is 16.2 Å². The third kappa shape index (κ3) is 4.51. The third-order valence-electron chi connectivity index (χ3n) is 4.80. The molecule has 0 aromatic heterocycles. The Labute approximate surface area is 174 Å². The van der Waals surface area contributed by atoms with Crippen LogP contribution in [-0.2, 0) is 4.79 Å². The van der Waals surface area contributed by atoms with Crippen molar-refractivity contribution in [2.75, 3.05) is 45.2 Å². The summed E-state index contributed by atoms with van der Waals surface area (Å²) in [4.78, 5) is 26.6. The fourth-order valence-electron chi connectivity index (χ4n) is 3.29. The lowest BCUT2D eigenvalue weighted by molar-refractivity contribution is -0.117. The maximum Gasteiger partial charge on any atom is 0.319 e. The molecule has 1 unspecified atom stereocenters. The van der Waals surface area contributed by atoms with E-state index in [0.717, 1.165) is 0 Å². The summed E-state index contributed by atoms with van der Waals surface area (Å²) in [5, 5.41) is 5.58. The minimum Gasteiger partial charge on any atom is -0.497 e. The van der Waals surface area contributed by atoms with Crippen molar-refractivity contribution in [2.45, 2.75) is 12.5 Å². The minimum absolute atomic E-state index is 0.0884. The van der Waals surface area contributed by atoms with Gasteiger partial charge in [0.2, 0.25) is 5.91 Å². The largest absolute Gasteiger partial charge is 0.497 e. The quantitative estimate of drug-likeness (QED) is 0.722. The summed E-state index contributed by atoms with van der Waals surface area (Å²) in [6, 6.07) is 9.58. The van der Waals surface area contributed by atoms with Crippen LogP contribution in [0.15, 0.2) is 36.4 Å². The average Bonchev–Trinajstić information content (AvgIpc) is 3.12. The number of urea groups is 1. The molecule has 0 spiro atoms. The van der Waals surface area contributed by atoms with Gasteiger partial charge in [-0.25, -0.2) is 4.79 Å². The van der Waals surface area contributed by atoms with E-state index in [0.29, 0.717) is 40.9 Å². The Hall–Kier alpha value is -3.62. The predicted molar refractivity (Wildman–Crippen MR) is 112 cm³/mol. The molecule has 2 aromatic rings. The number of benzene rings is 2. The first-order valence-electron chi connectivity index (χ1n) is 9.31. The molecule has 0 bridgehead atoms. The Kier molecular flexibility index (Phi) is 6.51. The number of anilines is 2.